The van der Waals surface area contributed by atoms with Gasteiger partial charge < -0.3 is 24.8 Å². The van der Waals surface area contributed by atoms with Crippen molar-refractivity contribution in [3.8, 4) is 0 Å². The summed E-state index contributed by atoms with van der Waals surface area (Å²) >= 11 is 6.37. The van der Waals surface area contributed by atoms with E-state index < -0.39 is 5.97 Å². The van der Waals surface area contributed by atoms with Gasteiger partial charge in [0.15, 0.2) is 6.54 Å². The summed E-state index contributed by atoms with van der Waals surface area (Å²) in [6.45, 7) is 7.17. The zero-order valence-electron chi connectivity index (χ0n) is 18.5. The fourth-order valence-corrected chi connectivity index (χ4v) is 4.74. The normalized spacial score (nSPS) is 18.6. The Hall–Kier alpha value is -3.03. The van der Waals surface area contributed by atoms with Crippen LogP contribution in [0.3, 0.4) is 0 Å². The van der Waals surface area contributed by atoms with Gasteiger partial charge in [-0.2, -0.15) is 0 Å². The minimum Gasteiger partial charge on any atom is -0.464 e. The third-order valence-corrected chi connectivity index (χ3v) is 6.31. The second-order valence-electron chi connectivity index (χ2n) is 8.34. The van der Waals surface area contributed by atoms with Crippen molar-refractivity contribution in [3.05, 3.63) is 58.7 Å². The summed E-state index contributed by atoms with van der Waals surface area (Å²) in [6, 6.07) is 14.1. The maximum atomic E-state index is 12.9. The zero-order valence-corrected chi connectivity index (χ0v) is 19.3. The second-order valence-corrected chi connectivity index (χ2v) is 8.75. The van der Waals surface area contributed by atoms with Gasteiger partial charge in [0.2, 0.25) is 0 Å². The molecule has 1 saturated heterocycles. The predicted octanol–water partition coefficient (Wildman–Crippen LogP) is 2.65. The van der Waals surface area contributed by atoms with Crippen molar-refractivity contribution >= 4 is 45.8 Å². The molecule has 1 fully saturated rings. The first-order valence-corrected chi connectivity index (χ1v) is 11.1. The van der Waals surface area contributed by atoms with Gasteiger partial charge in [-0.15, -0.1) is 0 Å². The zero-order chi connectivity index (χ0) is 22.8. The third-order valence-electron chi connectivity index (χ3n) is 5.99. The average Bonchev–Trinajstić information content (AvgIpc) is 3.12. The molecule has 1 aromatic heterocycles. The molecule has 0 saturated carbocycles. The molecule has 0 bridgehead atoms. The summed E-state index contributed by atoms with van der Waals surface area (Å²) < 4.78 is 4.88. The Morgan fingerprint density at radius 2 is 2.06 bits per heavy atom. The number of aromatic amines is 1. The highest BCUT2D eigenvalue weighted by Gasteiger charge is 2.29. The summed E-state index contributed by atoms with van der Waals surface area (Å²) in [5.41, 5.74) is 3.69. The number of piperazine rings is 1. The van der Waals surface area contributed by atoms with Gasteiger partial charge in [-0.05, 0) is 43.7 Å². The number of rotatable bonds is 5. The molecule has 32 heavy (non-hydrogen) atoms. The number of anilines is 2. The predicted molar refractivity (Wildman–Crippen MR) is 127 cm³/mol. The van der Waals surface area contributed by atoms with Gasteiger partial charge in [0, 0.05) is 16.6 Å². The highest BCUT2D eigenvalue weighted by molar-refractivity contribution is 6.37. The van der Waals surface area contributed by atoms with Crippen LogP contribution in [0, 0.1) is 6.92 Å². The van der Waals surface area contributed by atoms with Gasteiger partial charge in [-0.25, -0.2) is 4.79 Å². The van der Waals surface area contributed by atoms with E-state index in [4.69, 9.17) is 16.3 Å². The second kappa shape index (κ2) is 9.22. The van der Waals surface area contributed by atoms with E-state index in [2.05, 4.69) is 53.3 Å². The van der Waals surface area contributed by atoms with Gasteiger partial charge >= 0.3 is 5.97 Å². The van der Waals surface area contributed by atoms with Crippen molar-refractivity contribution in [2.75, 3.05) is 43.5 Å². The molecule has 3 N–H and O–H groups in total. The number of halogens is 1. The minimum absolute atomic E-state index is 0.165. The lowest BCUT2D eigenvalue weighted by atomic mass is 10.1. The van der Waals surface area contributed by atoms with Crippen LogP contribution in [0.1, 0.15) is 23.0 Å². The highest BCUT2D eigenvalue weighted by atomic mass is 35.5. The first kappa shape index (κ1) is 22.2. The Kier molecular flexibility index (Phi) is 6.39. The average molecular weight is 456 g/mol. The number of quaternary nitrogens is 1. The molecule has 2 heterocycles. The largest absolute Gasteiger partial charge is 0.464 e. The molecule has 168 valence electrons. The molecule has 1 amide bonds. The van der Waals surface area contributed by atoms with Crippen molar-refractivity contribution < 1.29 is 19.2 Å². The van der Waals surface area contributed by atoms with Crippen LogP contribution in [-0.4, -0.2) is 56.2 Å². The van der Waals surface area contributed by atoms with Gasteiger partial charge in [-0.3, -0.25) is 4.79 Å². The highest BCUT2D eigenvalue weighted by Crippen LogP contribution is 2.34. The van der Waals surface area contributed by atoms with Crippen LogP contribution < -0.4 is 15.1 Å². The van der Waals surface area contributed by atoms with E-state index in [0.717, 1.165) is 19.6 Å². The number of esters is 1. The number of aryl methyl sites for hydroxylation is 1. The number of carbonyl (C=O) groups excluding carboxylic acids is 2. The molecule has 2 aromatic carbocycles. The van der Waals surface area contributed by atoms with Gasteiger partial charge in [-0.1, -0.05) is 29.8 Å². The first-order chi connectivity index (χ1) is 15.4. The van der Waals surface area contributed by atoms with Crippen LogP contribution >= 0.6 is 11.6 Å². The molecule has 1 aliphatic rings. The Morgan fingerprint density at radius 3 is 2.78 bits per heavy atom. The van der Waals surface area contributed by atoms with Gasteiger partial charge in [0.1, 0.15) is 5.69 Å². The molecule has 8 heteroatoms. The number of methoxy groups -OCH3 is 1. The summed E-state index contributed by atoms with van der Waals surface area (Å²) in [7, 11) is 1.31. The molecule has 0 spiro atoms. The van der Waals surface area contributed by atoms with Crippen LogP contribution in [0.2, 0.25) is 5.02 Å². The van der Waals surface area contributed by atoms with Crippen LogP contribution in [0.15, 0.2) is 42.5 Å². The summed E-state index contributed by atoms with van der Waals surface area (Å²) in [5, 5.41) is 3.97. The van der Waals surface area contributed by atoms with E-state index in [1.165, 1.54) is 23.3 Å². The van der Waals surface area contributed by atoms with E-state index in [1.807, 2.05) is 0 Å². The number of aromatic nitrogens is 1. The van der Waals surface area contributed by atoms with Crippen LogP contribution in [0.25, 0.3) is 10.9 Å². The topological polar surface area (TPSA) is 78.9 Å². The summed E-state index contributed by atoms with van der Waals surface area (Å²) in [5.74, 6) is -0.720. The van der Waals surface area contributed by atoms with E-state index in [-0.39, 0.29) is 11.6 Å². The Balaban J connectivity index is 1.47. The quantitative estimate of drug-likeness (QED) is 0.517. The molecule has 3 aromatic rings. The number of nitrogens with zero attached hydrogens (tertiary/aromatic N) is 1. The maximum Gasteiger partial charge on any atom is 0.356 e. The number of ether oxygens (including phenoxy) is 1. The SMILES string of the molecule is COC(=O)c1[nH]c2cccc(Cl)c2c1NC(=O)C[NH+]1CCN(c2cccc(C)c2)[C@@H](C)C1. The number of hydrogen-bond donors (Lipinski definition) is 3. The molecule has 0 radical (unpaired) electrons. The number of carbonyl (C=O) groups is 2. The Morgan fingerprint density at radius 1 is 1.28 bits per heavy atom. The molecular weight excluding hydrogens is 428 g/mol. The molecule has 2 atom stereocenters. The smallest absolute Gasteiger partial charge is 0.356 e. The molecule has 0 aliphatic carbocycles. The maximum absolute atomic E-state index is 12.9. The van der Waals surface area contributed by atoms with E-state index in [1.54, 1.807) is 18.2 Å². The lowest BCUT2D eigenvalue weighted by Crippen LogP contribution is -3.16. The lowest BCUT2D eigenvalue weighted by molar-refractivity contribution is -0.894. The lowest BCUT2D eigenvalue weighted by Gasteiger charge is -2.38. The fraction of sp³-hybridized carbons (Fsp3) is 0.333. The Bertz CT molecular complexity index is 1160. The molecular formula is C24H28ClN4O3+. The summed E-state index contributed by atoms with van der Waals surface area (Å²) in [4.78, 5) is 31.8. The van der Waals surface area contributed by atoms with Crippen LogP contribution in [0.5, 0.6) is 0 Å². The number of nitrogens with one attached hydrogen (secondary N) is 3. The Labute approximate surface area is 192 Å². The van der Waals surface area contributed by atoms with Crippen molar-refractivity contribution in [3.63, 3.8) is 0 Å². The molecule has 1 unspecified atom stereocenters. The fourth-order valence-electron chi connectivity index (χ4n) is 4.48. The standard InChI is InChI=1S/C24H27ClN4O3/c1-15-6-4-7-17(12-15)29-11-10-28(13-16(29)2)14-20(30)27-22-21-18(25)8-5-9-19(21)26-23(22)24(31)32-3/h4-9,12,16,26H,10-11,13-14H2,1-3H3,(H,27,30)/p+1/t16-/m0/s1. The number of hydrogen-bond acceptors (Lipinski definition) is 4. The van der Waals surface area contributed by atoms with Gasteiger partial charge in [0.25, 0.3) is 5.91 Å². The monoisotopic (exact) mass is 455 g/mol. The van der Waals surface area contributed by atoms with Crippen molar-refractivity contribution in [2.24, 2.45) is 0 Å². The minimum atomic E-state index is -0.555. The molecule has 7 nitrogen and oxygen atoms in total. The third kappa shape index (κ3) is 4.45. The van der Waals surface area contributed by atoms with E-state index in [0.29, 0.717) is 34.2 Å². The number of fused-ring (bicyclic) bond motifs is 1. The first-order valence-electron chi connectivity index (χ1n) is 10.7. The van der Waals surface area contributed by atoms with Crippen molar-refractivity contribution in [2.45, 2.75) is 19.9 Å². The van der Waals surface area contributed by atoms with Gasteiger partial charge in [0.05, 0.1) is 43.5 Å². The van der Waals surface area contributed by atoms with Crippen molar-refractivity contribution in [1.29, 1.82) is 0 Å². The van der Waals surface area contributed by atoms with Crippen LogP contribution in [-0.2, 0) is 9.53 Å². The summed E-state index contributed by atoms with van der Waals surface area (Å²) in [6.07, 6.45) is 0. The molecule has 4 rings (SSSR count). The molecule has 1 aliphatic heterocycles. The number of H-pyrrole nitrogens is 1. The van der Waals surface area contributed by atoms with Crippen molar-refractivity contribution in [1.82, 2.24) is 4.98 Å². The van der Waals surface area contributed by atoms with Crippen LogP contribution in [0.4, 0.5) is 11.4 Å². The number of amides is 1. The van der Waals surface area contributed by atoms with E-state index in [9.17, 15) is 9.59 Å². The number of benzene rings is 2. The van der Waals surface area contributed by atoms with E-state index >= 15 is 0 Å².